The number of nitrogens with one attached hydrogen (secondary N) is 2. The van der Waals surface area contributed by atoms with Gasteiger partial charge in [-0.25, -0.2) is 9.37 Å². The normalized spacial score (nSPS) is 20.7. The predicted octanol–water partition coefficient (Wildman–Crippen LogP) is 3.80. The topological polar surface area (TPSA) is 40.7 Å². The molecule has 3 nitrogen and oxygen atoms in total. The van der Waals surface area contributed by atoms with Crippen LogP contribution in [0.1, 0.15) is 27.7 Å². The van der Waals surface area contributed by atoms with Gasteiger partial charge in [-0.1, -0.05) is 27.7 Å². The van der Waals surface area contributed by atoms with Crippen LogP contribution < -0.4 is 5.32 Å². The van der Waals surface area contributed by atoms with Crippen LogP contribution in [0, 0.1) is 22.6 Å². The minimum atomic E-state index is -0.243. The summed E-state index contributed by atoms with van der Waals surface area (Å²) >= 11 is 0. The van der Waals surface area contributed by atoms with E-state index in [0.717, 1.165) is 23.5 Å². The van der Waals surface area contributed by atoms with Gasteiger partial charge in [0.05, 0.1) is 11.0 Å². The molecule has 1 aliphatic rings. The lowest BCUT2D eigenvalue weighted by Gasteiger charge is -2.04. The van der Waals surface area contributed by atoms with Crippen LogP contribution in [-0.4, -0.2) is 16.5 Å². The molecule has 2 aromatic rings. The highest BCUT2D eigenvalue weighted by Crippen LogP contribution is 2.68. The van der Waals surface area contributed by atoms with Crippen LogP contribution >= 0.6 is 0 Å². The maximum absolute atomic E-state index is 13.1. The van der Waals surface area contributed by atoms with Crippen LogP contribution in [0.15, 0.2) is 18.2 Å². The van der Waals surface area contributed by atoms with Crippen LogP contribution in [0.2, 0.25) is 0 Å². The third kappa shape index (κ3) is 1.81. The molecular formula is C15H20FN3. The van der Waals surface area contributed by atoms with Crippen LogP contribution in [0.3, 0.4) is 0 Å². The second-order valence-corrected chi connectivity index (χ2v) is 6.62. The summed E-state index contributed by atoms with van der Waals surface area (Å²) in [4.78, 5) is 7.53. The van der Waals surface area contributed by atoms with E-state index in [0.29, 0.717) is 16.7 Å². The summed E-state index contributed by atoms with van der Waals surface area (Å²) < 4.78 is 13.1. The van der Waals surface area contributed by atoms with Crippen molar-refractivity contribution in [1.82, 2.24) is 9.97 Å². The molecule has 3 rings (SSSR count). The fraction of sp³-hybridized carbons (Fsp3) is 0.533. The van der Waals surface area contributed by atoms with E-state index < -0.39 is 0 Å². The van der Waals surface area contributed by atoms with Crippen LogP contribution in [0.4, 0.5) is 10.3 Å². The Bertz CT molecular complexity index is 613. The minimum absolute atomic E-state index is 0.243. The summed E-state index contributed by atoms with van der Waals surface area (Å²) in [6.45, 7) is 10.1. The molecule has 2 N–H and O–H groups in total. The molecule has 0 amide bonds. The first-order valence-electron chi connectivity index (χ1n) is 6.71. The number of halogens is 1. The molecule has 1 aromatic carbocycles. The number of hydrogen-bond acceptors (Lipinski definition) is 2. The van der Waals surface area contributed by atoms with Crippen molar-refractivity contribution in [3.8, 4) is 0 Å². The van der Waals surface area contributed by atoms with Crippen molar-refractivity contribution in [3.63, 3.8) is 0 Å². The fourth-order valence-corrected chi connectivity index (χ4v) is 3.11. The van der Waals surface area contributed by atoms with E-state index in [4.69, 9.17) is 0 Å². The smallest absolute Gasteiger partial charge is 0.201 e. The number of imidazole rings is 1. The first kappa shape index (κ1) is 12.5. The first-order chi connectivity index (χ1) is 8.82. The molecular weight excluding hydrogens is 241 g/mol. The summed E-state index contributed by atoms with van der Waals surface area (Å²) in [5, 5.41) is 3.34. The van der Waals surface area contributed by atoms with Crippen molar-refractivity contribution < 1.29 is 4.39 Å². The van der Waals surface area contributed by atoms with Crippen molar-refractivity contribution in [3.05, 3.63) is 24.0 Å². The van der Waals surface area contributed by atoms with Gasteiger partial charge in [0, 0.05) is 6.54 Å². The third-order valence-corrected chi connectivity index (χ3v) is 5.24. The molecule has 1 heterocycles. The molecule has 1 saturated carbocycles. The van der Waals surface area contributed by atoms with Crippen molar-refractivity contribution >= 4 is 17.0 Å². The monoisotopic (exact) mass is 261 g/mol. The second-order valence-electron chi connectivity index (χ2n) is 6.62. The highest BCUT2D eigenvalue weighted by molar-refractivity contribution is 5.77. The second kappa shape index (κ2) is 3.71. The summed E-state index contributed by atoms with van der Waals surface area (Å²) in [6, 6.07) is 4.59. The van der Waals surface area contributed by atoms with Gasteiger partial charge < -0.3 is 10.3 Å². The highest BCUT2D eigenvalue weighted by atomic mass is 19.1. The van der Waals surface area contributed by atoms with E-state index in [1.807, 2.05) is 0 Å². The molecule has 4 heteroatoms. The maximum atomic E-state index is 13.1. The average Bonchev–Trinajstić information content (AvgIpc) is 2.63. The molecule has 0 unspecified atom stereocenters. The maximum Gasteiger partial charge on any atom is 0.201 e. The lowest BCUT2D eigenvalue weighted by atomic mass is 10.0. The van der Waals surface area contributed by atoms with E-state index in [-0.39, 0.29) is 5.82 Å². The van der Waals surface area contributed by atoms with E-state index in [2.05, 4.69) is 43.0 Å². The van der Waals surface area contributed by atoms with Gasteiger partial charge in [-0.3, -0.25) is 0 Å². The SMILES string of the molecule is CC1(C)C(CNc2nc3ccc(F)cc3[nH]2)C1(C)C. The average molecular weight is 261 g/mol. The van der Waals surface area contributed by atoms with Crippen LogP contribution in [-0.2, 0) is 0 Å². The Morgan fingerprint density at radius 2 is 1.95 bits per heavy atom. The Kier molecular flexibility index (Phi) is 2.43. The van der Waals surface area contributed by atoms with Gasteiger partial charge in [-0.05, 0) is 34.9 Å². The quantitative estimate of drug-likeness (QED) is 0.882. The molecule has 102 valence electrons. The number of H-pyrrole nitrogens is 1. The fourth-order valence-electron chi connectivity index (χ4n) is 3.11. The standard InChI is InChI=1S/C15H20FN3/c1-14(2)12(15(14,3)4)8-17-13-18-10-6-5-9(16)7-11(10)19-13/h5-7,12H,8H2,1-4H3,(H2,17,18,19). The van der Waals surface area contributed by atoms with Gasteiger partial charge in [-0.15, -0.1) is 0 Å². The lowest BCUT2D eigenvalue weighted by Crippen LogP contribution is -2.09. The van der Waals surface area contributed by atoms with E-state index in [1.54, 1.807) is 6.07 Å². The molecule has 1 fully saturated rings. The Morgan fingerprint density at radius 1 is 1.26 bits per heavy atom. The number of rotatable bonds is 3. The number of hydrogen-bond donors (Lipinski definition) is 2. The summed E-state index contributed by atoms with van der Waals surface area (Å²) in [6.07, 6.45) is 0. The zero-order valence-corrected chi connectivity index (χ0v) is 11.8. The summed E-state index contributed by atoms with van der Waals surface area (Å²) in [5.74, 6) is 1.11. The van der Waals surface area contributed by atoms with E-state index >= 15 is 0 Å². The molecule has 0 bridgehead atoms. The van der Waals surface area contributed by atoms with Crippen molar-refractivity contribution in [2.45, 2.75) is 27.7 Å². The Hall–Kier alpha value is -1.58. The van der Waals surface area contributed by atoms with Gasteiger partial charge in [0.25, 0.3) is 0 Å². The van der Waals surface area contributed by atoms with Crippen LogP contribution in [0.25, 0.3) is 11.0 Å². The van der Waals surface area contributed by atoms with Gasteiger partial charge >= 0.3 is 0 Å². The molecule has 1 aliphatic carbocycles. The van der Waals surface area contributed by atoms with Crippen molar-refractivity contribution in [2.75, 3.05) is 11.9 Å². The highest BCUT2D eigenvalue weighted by Gasteiger charge is 2.64. The van der Waals surface area contributed by atoms with Gasteiger partial charge in [0.15, 0.2) is 0 Å². The number of anilines is 1. The van der Waals surface area contributed by atoms with Crippen molar-refractivity contribution in [2.24, 2.45) is 16.7 Å². The molecule has 0 atom stereocenters. The third-order valence-electron chi connectivity index (χ3n) is 5.24. The summed E-state index contributed by atoms with van der Waals surface area (Å²) in [5.41, 5.74) is 2.24. The van der Waals surface area contributed by atoms with Gasteiger partial charge in [0.1, 0.15) is 5.82 Å². The number of fused-ring (bicyclic) bond motifs is 1. The Balaban J connectivity index is 1.73. The molecule has 0 aliphatic heterocycles. The summed E-state index contributed by atoms with van der Waals surface area (Å²) in [7, 11) is 0. The van der Waals surface area contributed by atoms with E-state index in [9.17, 15) is 4.39 Å². The van der Waals surface area contributed by atoms with Crippen molar-refractivity contribution in [1.29, 1.82) is 0 Å². The molecule has 0 saturated heterocycles. The molecule has 0 spiro atoms. The largest absolute Gasteiger partial charge is 0.355 e. The first-order valence-corrected chi connectivity index (χ1v) is 6.71. The zero-order valence-electron chi connectivity index (χ0n) is 11.8. The van der Waals surface area contributed by atoms with Crippen LogP contribution in [0.5, 0.6) is 0 Å². The Morgan fingerprint density at radius 3 is 2.58 bits per heavy atom. The molecule has 19 heavy (non-hydrogen) atoms. The number of aromatic amines is 1. The Labute approximate surface area is 112 Å². The minimum Gasteiger partial charge on any atom is -0.355 e. The van der Waals surface area contributed by atoms with Gasteiger partial charge in [-0.2, -0.15) is 0 Å². The predicted molar refractivity (Wildman–Crippen MR) is 75.6 cm³/mol. The zero-order chi connectivity index (χ0) is 13.8. The number of nitrogens with zero attached hydrogens (tertiary/aromatic N) is 1. The number of aromatic nitrogens is 2. The lowest BCUT2D eigenvalue weighted by molar-refractivity contribution is 0.457. The van der Waals surface area contributed by atoms with E-state index in [1.165, 1.54) is 12.1 Å². The molecule has 0 radical (unpaired) electrons. The molecule has 1 aromatic heterocycles. The number of benzene rings is 1. The van der Waals surface area contributed by atoms with Gasteiger partial charge in [0.2, 0.25) is 5.95 Å².